The summed E-state index contributed by atoms with van der Waals surface area (Å²) in [5.41, 5.74) is 0.810. The summed E-state index contributed by atoms with van der Waals surface area (Å²) in [5, 5.41) is 6.02. The van der Waals surface area contributed by atoms with E-state index in [1.165, 1.54) is 25.7 Å². The lowest BCUT2D eigenvalue weighted by Crippen LogP contribution is -2.42. The van der Waals surface area contributed by atoms with Gasteiger partial charge in [-0.1, -0.05) is 18.6 Å². The highest BCUT2D eigenvalue weighted by atomic mass is 79.9. The van der Waals surface area contributed by atoms with Crippen molar-refractivity contribution in [2.75, 3.05) is 5.32 Å². The highest BCUT2D eigenvalue weighted by molar-refractivity contribution is 9.10. The zero-order valence-electron chi connectivity index (χ0n) is 11.7. The smallest absolute Gasteiger partial charge is 0.319 e. The van der Waals surface area contributed by atoms with Crippen LogP contribution >= 0.6 is 15.9 Å². The SMILES string of the molecule is C[C@H](NC(=O)Nc1ccccc1Br)[C@H]1C[C@H]2CC[C@H]1C2. The lowest BCUT2D eigenvalue weighted by atomic mass is 9.84. The molecule has 0 aliphatic heterocycles. The van der Waals surface area contributed by atoms with Gasteiger partial charge in [-0.15, -0.1) is 0 Å². The van der Waals surface area contributed by atoms with Crippen molar-refractivity contribution in [2.45, 2.75) is 38.6 Å². The van der Waals surface area contributed by atoms with Crippen LogP contribution in [0, 0.1) is 17.8 Å². The molecule has 0 aromatic heterocycles. The second-order valence-electron chi connectivity index (χ2n) is 6.21. The minimum Gasteiger partial charge on any atom is -0.335 e. The van der Waals surface area contributed by atoms with Crippen LogP contribution in [0.2, 0.25) is 0 Å². The Morgan fingerprint density at radius 2 is 2.10 bits per heavy atom. The van der Waals surface area contributed by atoms with Gasteiger partial charge in [0.25, 0.3) is 0 Å². The Morgan fingerprint density at radius 1 is 1.30 bits per heavy atom. The molecule has 1 aromatic rings. The fourth-order valence-corrected chi connectivity index (χ4v) is 4.33. The zero-order valence-corrected chi connectivity index (χ0v) is 13.3. The molecule has 0 spiro atoms. The first-order valence-corrected chi connectivity index (χ1v) is 8.25. The number of benzene rings is 1. The number of anilines is 1. The van der Waals surface area contributed by atoms with Crippen LogP contribution in [-0.4, -0.2) is 12.1 Å². The van der Waals surface area contributed by atoms with Gasteiger partial charge in [0.2, 0.25) is 0 Å². The quantitative estimate of drug-likeness (QED) is 0.844. The van der Waals surface area contributed by atoms with Gasteiger partial charge < -0.3 is 10.6 Å². The van der Waals surface area contributed by atoms with Crippen LogP contribution in [0.4, 0.5) is 10.5 Å². The minimum atomic E-state index is -0.104. The molecule has 2 saturated carbocycles. The van der Waals surface area contributed by atoms with Crippen LogP contribution in [0.1, 0.15) is 32.6 Å². The van der Waals surface area contributed by atoms with Gasteiger partial charge in [0.05, 0.1) is 5.69 Å². The summed E-state index contributed by atoms with van der Waals surface area (Å²) in [6, 6.07) is 7.82. The Balaban J connectivity index is 1.55. The van der Waals surface area contributed by atoms with Crippen LogP contribution in [0.3, 0.4) is 0 Å². The van der Waals surface area contributed by atoms with Crippen LogP contribution in [0.5, 0.6) is 0 Å². The molecule has 2 fully saturated rings. The predicted octanol–water partition coefficient (Wildman–Crippen LogP) is 4.40. The molecule has 3 rings (SSSR count). The number of para-hydroxylation sites is 1. The summed E-state index contributed by atoms with van der Waals surface area (Å²) < 4.78 is 0.905. The van der Waals surface area contributed by atoms with Crippen molar-refractivity contribution < 1.29 is 4.79 Å². The molecule has 1 aromatic carbocycles. The van der Waals surface area contributed by atoms with E-state index in [-0.39, 0.29) is 12.1 Å². The standard InChI is InChI=1S/C16H21BrN2O/c1-10(13-9-11-6-7-12(13)8-11)18-16(20)19-15-5-3-2-4-14(15)17/h2-5,10-13H,6-9H2,1H3,(H2,18,19,20)/t10-,11-,12-,13+/m0/s1. The Morgan fingerprint density at radius 3 is 2.75 bits per heavy atom. The first-order valence-electron chi connectivity index (χ1n) is 7.45. The van der Waals surface area contributed by atoms with Crippen molar-refractivity contribution >= 4 is 27.6 Å². The third kappa shape index (κ3) is 2.85. The number of nitrogens with one attached hydrogen (secondary N) is 2. The highest BCUT2D eigenvalue weighted by Crippen LogP contribution is 2.49. The van der Waals surface area contributed by atoms with Crippen molar-refractivity contribution in [2.24, 2.45) is 17.8 Å². The molecule has 0 unspecified atom stereocenters. The van der Waals surface area contributed by atoms with Gasteiger partial charge in [0.1, 0.15) is 0 Å². The van der Waals surface area contributed by atoms with Crippen molar-refractivity contribution in [1.29, 1.82) is 0 Å². The maximum absolute atomic E-state index is 12.1. The van der Waals surface area contributed by atoms with Crippen LogP contribution in [0.25, 0.3) is 0 Å². The summed E-state index contributed by atoms with van der Waals surface area (Å²) in [4.78, 5) is 12.1. The molecule has 4 atom stereocenters. The van der Waals surface area contributed by atoms with E-state index in [4.69, 9.17) is 0 Å². The molecule has 2 amide bonds. The molecule has 20 heavy (non-hydrogen) atoms. The van der Waals surface area contributed by atoms with Crippen molar-refractivity contribution in [3.05, 3.63) is 28.7 Å². The highest BCUT2D eigenvalue weighted by Gasteiger charge is 2.42. The Labute approximate surface area is 128 Å². The fourth-order valence-electron chi connectivity index (χ4n) is 3.94. The number of hydrogen-bond acceptors (Lipinski definition) is 1. The van der Waals surface area contributed by atoms with Gasteiger partial charge in [-0.3, -0.25) is 0 Å². The van der Waals surface area contributed by atoms with Crippen LogP contribution in [0.15, 0.2) is 28.7 Å². The normalized spacial score (nSPS) is 29.2. The Bertz CT molecular complexity index is 505. The monoisotopic (exact) mass is 336 g/mol. The number of fused-ring (bicyclic) bond motifs is 2. The summed E-state index contributed by atoms with van der Waals surface area (Å²) in [7, 11) is 0. The Hall–Kier alpha value is -1.03. The molecule has 4 heteroatoms. The number of carbonyl (C=O) groups is 1. The number of carbonyl (C=O) groups excluding carboxylic acids is 1. The third-order valence-corrected chi connectivity index (χ3v) is 5.61. The molecular formula is C16H21BrN2O. The van der Waals surface area contributed by atoms with Crippen LogP contribution < -0.4 is 10.6 Å². The first-order chi connectivity index (χ1) is 9.63. The molecule has 2 N–H and O–H groups in total. The number of hydrogen-bond donors (Lipinski definition) is 2. The number of urea groups is 1. The zero-order chi connectivity index (χ0) is 14.1. The van der Waals surface area contributed by atoms with E-state index in [0.29, 0.717) is 5.92 Å². The van der Waals surface area contributed by atoms with Gasteiger partial charge in [0.15, 0.2) is 0 Å². The van der Waals surface area contributed by atoms with E-state index >= 15 is 0 Å². The average Bonchev–Trinajstić information content (AvgIpc) is 3.03. The largest absolute Gasteiger partial charge is 0.335 e. The molecule has 0 heterocycles. The fraction of sp³-hybridized carbons (Fsp3) is 0.562. The molecule has 2 bridgehead atoms. The second-order valence-corrected chi connectivity index (χ2v) is 7.06. The molecule has 108 valence electrons. The van der Waals surface area contributed by atoms with Crippen molar-refractivity contribution in [3.8, 4) is 0 Å². The number of halogens is 1. The van der Waals surface area contributed by atoms with Crippen LogP contribution in [-0.2, 0) is 0 Å². The average molecular weight is 337 g/mol. The summed E-state index contributed by atoms with van der Waals surface area (Å²) in [6.45, 7) is 2.14. The van der Waals surface area contributed by atoms with Crippen molar-refractivity contribution in [1.82, 2.24) is 5.32 Å². The van der Waals surface area contributed by atoms with Crippen molar-refractivity contribution in [3.63, 3.8) is 0 Å². The Kier molecular flexibility index (Phi) is 4.01. The second kappa shape index (κ2) is 5.76. The molecule has 3 nitrogen and oxygen atoms in total. The van der Waals surface area contributed by atoms with Gasteiger partial charge in [-0.05, 0) is 72.0 Å². The molecular weight excluding hydrogens is 316 g/mol. The third-order valence-electron chi connectivity index (χ3n) is 4.92. The van der Waals surface area contributed by atoms with E-state index < -0.39 is 0 Å². The van der Waals surface area contributed by atoms with E-state index in [1.807, 2.05) is 24.3 Å². The maximum atomic E-state index is 12.1. The van der Waals surface area contributed by atoms with Gasteiger partial charge in [-0.2, -0.15) is 0 Å². The molecule has 0 saturated heterocycles. The van der Waals surface area contributed by atoms with E-state index in [2.05, 4.69) is 33.5 Å². The molecule has 2 aliphatic carbocycles. The number of rotatable bonds is 3. The summed E-state index contributed by atoms with van der Waals surface area (Å²) >= 11 is 3.44. The lowest BCUT2D eigenvalue weighted by Gasteiger charge is -2.28. The maximum Gasteiger partial charge on any atom is 0.319 e. The minimum absolute atomic E-state index is 0.104. The van der Waals surface area contributed by atoms with Gasteiger partial charge >= 0.3 is 6.03 Å². The molecule has 2 aliphatic rings. The van der Waals surface area contributed by atoms with E-state index in [0.717, 1.165) is 22.0 Å². The summed E-state index contributed by atoms with van der Waals surface area (Å²) in [5.74, 6) is 2.41. The lowest BCUT2D eigenvalue weighted by molar-refractivity contribution is 0.230. The first kappa shape index (κ1) is 13.9. The topological polar surface area (TPSA) is 41.1 Å². The summed E-state index contributed by atoms with van der Waals surface area (Å²) in [6.07, 6.45) is 5.42. The van der Waals surface area contributed by atoms with E-state index in [9.17, 15) is 4.79 Å². The van der Waals surface area contributed by atoms with E-state index in [1.54, 1.807) is 0 Å². The van der Waals surface area contributed by atoms with Gasteiger partial charge in [-0.25, -0.2) is 4.79 Å². The predicted molar refractivity (Wildman–Crippen MR) is 84.7 cm³/mol. The number of amides is 2. The molecule has 0 radical (unpaired) electrons. The van der Waals surface area contributed by atoms with Gasteiger partial charge in [0, 0.05) is 10.5 Å².